The lowest BCUT2D eigenvalue weighted by molar-refractivity contribution is -0.106. The summed E-state index contributed by atoms with van der Waals surface area (Å²) in [6.07, 6.45) is 6.94. The van der Waals surface area contributed by atoms with Gasteiger partial charge in [-0.1, -0.05) is 11.9 Å². The predicted molar refractivity (Wildman–Crippen MR) is 137 cm³/mol. The van der Waals surface area contributed by atoms with Crippen LogP contribution in [0.5, 0.6) is 0 Å². The average molecular weight is 486 g/mol. The zero-order valence-electron chi connectivity index (χ0n) is 20.0. The standard InChI is InChI=1S/C24H32N4O2S.CH3NO/c1-16-14-25-22(18-3-4-18)13-21(16)19-11-23(26-24(29)12-19)28-8-7-27(15-17(28)2)31-20-5-9-30-10-6-20;2-1-3/h11-14,17-18,20H,3-10,15H2,1-2H3,(H,26,29);1H,(H2,2,3). The van der Waals surface area contributed by atoms with Crippen LogP contribution in [0.1, 0.15) is 49.8 Å². The number of H-pyrrole nitrogens is 1. The number of hydrogen-bond donors (Lipinski definition) is 2. The summed E-state index contributed by atoms with van der Waals surface area (Å²) < 4.78 is 8.01. The number of amides is 1. The second kappa shape index (κ2) is 11.4. The molecular weight excluding hydrogens is 450 g/mol. The van der Waals surface area contributed by atoms with Crippen molar-refractivity contribution in [1.29, 1.82) is 0 Å². The molecule has 9 heteroatoms. The molecule has 3 N–H and O–H groups in total. The van der Waals surface area contributed by atoms with Crippen molar-refractivity contribution in [2.45, 2.75) is 56.7 Å². The molecular formula is C25H35N5O3S. The number of nitrogens with zero attached hydrogens (tertiary/aromatic N) is 3. The van der Waals surface area contributed by atoms with Crippen LogP contribution in [0, 0.1) is 6.92 Å². The van der Waals surface area contributed by atoms with Crippen LogP contribution < -0.4 is 16.2 Å². The summed E-state index contributed by atoms with van der Waals surface area (Å²) in [6, 6.07) is 6.41. The van der Waals surface area contributed by atoms with E-state index in [9.17, 15) is 4.79 Å². The molecule has 1 amide bonds. The minimum atomic E-state index is -0.0390. The van der Waals surface area contributed by atoms with Gasteiger partial charge in [0.2, 0.25) is 12.0 Å². The Labute approximate surface area is 205 Å². The molecule has 1 atom stereocenters. The first-order valence-corrected chi connectivity index (χ1v) is 12.9. The molecule has 1 aliphatic carbocycles. The molecule has 5 rings (SSSR count). The molecule has 2 aliphatic heterocycles. The summed E-state index contributed by atoms with van der Waals surface area (Å²) in [5.74, 6) is 1.53. The van der Waals surface area contributed by atoms with Crippen LogP contribution in [0.15, 0.2) is 29.2 Å². The number of nitrogens with one attached hydrogen (secondary N) is 1. The Balaban J connectivity index is 0.000000868. The van der Waals surface area contributed by atoms with Crippen molar-refractivity contribution < 1.29 is 9.53 Å². The number of nitrogens with two attached hydrogens (primary N) is 1. The van der Waals surface area contributed by atoms with Crippen LogP contribution in [0.3, 0.4) is 0 Å². The Hall–Kier alpha value is -2.36. The maximum atomic E-state index is 12.6. The highest BCUT2D eigenvalue weighted by molar-refractivity contribution is 7.97. The third kappa shape index (κ3) is 6.20. The second-order valence-electron chi connectivity index (χ2n) is 9.30. The Morgan fingerprint density at radius 1 is 1.18 bits per heavy atom. The first-order valence-electron chi connectivity index (χ1n) is 12.1. The third-order valence-electron chi connectivity index (χ3n) is 6.63. The molecule has 1 unspecified atom stereocenters. The van der Waals surface area contributed by atoms with Crippen LogP contribution in [-0.2, 0) is 9.53 Å². The maximum Gasteiger partial charge on any atom is 0.250 e. The van der Waals surface area contributed by atoms with E-state index in [0.717, 1.165) is 73.9 Å². The van der Waals surface area contributed by atoms with Gasteiger partial charge in [0.1, 0.15) is 5.82 Å². The zero-order valence-corrected chi connectivity index (χ0v) is 20.9. The smallest absolute Gasteiger partial charge is 0.250 e. The first kappa shape index (κ1) is 24.8. The van der Waals surface area contributed by atoms with Gasteiger partial charge in [-0.15, -0.1) is 0 Å². The van der Waals surface area contributed by atoms with E-state index >= 15 is 0 Å². The highest BCUT2D eigenvalue weighted by Gasteiger charge is 2.28. The van der Waals surface area contributed by atoms with Gasteiger partial charge in [0, 0.05) is 68.0 Å². The number of piperazine rings is 1. The summed E-state index contributed by atoms with van der Waals surface area (Å²) in [6.45, 7) is 9.02. The Kier molecular flexibility index (Phi) is 8.28. The van der Waals surface area contributed by atoms with Gasteiger partial charge in [0.05, 0.1) is 0 Å². The van der Waals surface area contributed by atoms with E-state index in [1.165, 1.54) is 12.8 Å². The molecule has 3 aliphatic rings. The van der Waals surface area contributed by atoms with Crippen LogP contribution in [0.4, 0.5) is 5.82 Å². The summed E-state index contributed by atoms with van der Waals surface area (Å²) in [5.41, 5.74) is 8.53. The topological polar surface area (TPSA) is 105 Å². The van der Waals surface area contributed by atoms with E-state index in [-0.39, 0.29) is 12.0 Å². The fourth-order valence-corrected chi connectivity index (χ4v) is 5.98. The summed E-state index contributed by atoms with van der Waals surface area (Å²) in [4.78, 5) is 31.2. The molecule has 0 spiro atoms. The van der Waals surface area contributed by atoms with Gasteiger partial charge in [-0.3, -0.25) is 14.6 Å². The van der Waals surface area contributed by atoms with Crippen molar-refractivity contribution in [3.8, 4) is 11.1 Å². The lowest BCUT2D eigenvalue weighted by Gasteiger charge is -2.41. The van der Waals surface area contributed by atoms with Crippen molar-refractivity contribution in [2.75, 3.05) is 37.7 Å². The number of aromatic amines is 1. The lowest BCUT2D eigenvalue weighted by atomic mass is 10.0. The van der Waals surface area contributed by atoms with Crippen molar-refractivity contribution in [3.63, 3.8) is 0 Å². The fraction of sp³-hybridized carbons (Fsp3) is 0.560. The largest absolute Gasteiger partial charge is 0.381 e. The number of carbonyl (C=O) groups excluding carboxylic acids is 1. The number of carbonyl (C=O) groups is 1. The summed E-state index contributed by atoms with van der Waals surface area (Å²) in [5, 5.41) is 0.672. The summed E-state index contributed by atoms with van der Waals surface area (Å²) in [7, 11) is 0. The van der Waals surface area contributed by atoms with Gasteiger partial charge < -0.3 is 20.4 Å². The molecule has 8 nitrogen and oxygen atoms in total. The van der Waals surface area contributed by atoms with Gasteiger partial charge in [-0.05, 0) is 68.4 Å². The third-order valence-corrected chi connectivity index (χ3v) is 8.03. The number of aromatic nitrogens is 2. The fourth-order valence-electron chi connectivity index (χ4n) is 4.66. The van der Waals surface area contributed by atoms with E-state index in [1.807, 2.05) is 18.1 Å². The molecule has 2 saturated heterocycles. The van der Waals surface area contributed by atoms with E-state index in [4.69, 9.17) is 9.53 Å². The van der Waals surface area contributed by atoms with Crippen LogP contribution >= 0.6 is 11.9 Å². The molecule has 34 heavy (non-hydrogen) atoms. The molecule has 2 aromatic rings. The minimum Gasteiger partial charge on any atom is -0.381 e. The molecule has 0 bridgehead atoms. The molecule has 0 radical (unpaired) electrons. The normalized spacial score (nSPS) is 21.6. The van der Waals surface area contributed by atoms with Gasteiger partial charge in [0.25, 0.3) is 0 Å². The minimum absolute atomic E-state index is 0.0390. The molecule has 1 saturated carbocycles. The van der Waals surface area contributed by atoms with E-state index in [2.05, 4.69) is 50.9 Å². The van der Waals surface area contributed by atoms with Gasteiger partial charge in [-0.2, -0.15) is 0 Å². The van der Waals surface area contributed by atoms with E-state index in [1.54, 1.807) is 6.07 Å². The highest BCUT2D eigenvalue weighted by atomic mass is 32.2. The van der Waals surface area contributed by atoms with Gasteiger partial charge >= 0.3 is 0 Å². The monoisotopic (exact) mass is 485 g/mol. The number of aryl methyl sites for hydroxylation is 1. The highest BCUT2D eigenvalue weighted by Crippen LogP contribution is 2.40. The maximum absolute atomic E-state index is 12.6. The number of pyridine rings is 2. The van der Waals surface area contributed by atoms with E-state index < -0.39 is 0 Å². The summed E-state index contributed by atoms with van der Waals surface area (Å²) >= 11 is 2.01. The molecule has 0 aromatic carbocycles. The van der Waals surface area contributed by atoms with Crippen LogP contribution in [-0.4, -0.2) is 64.8 Å². The number of hydrogen-bond acceptors (Lipinski definition) is 7. The SMILES string of the molecule is Cc1cnc(C2CC2)cc1-c1cc(N2CCN(SC3CCOCC3)CC2C)[nH]c(=O)c1.NC=O. The van der Waals surface area contributed by atoms with Crippen molar-refractivity contribution in [1.82, 2.24) is 14.3 Å². The number of rotatable bonds is 5. The molecule has 3 fully saturated rings. The van der Waals surface area contributed by atoms with Crippen molar-refractivity contribution >= 4 is 24.2 Å². The van der Waals surface area contributed by atoms with Crippen LogP contribution in [0.25, 0.3) is 11.1 Å². The van der Waals surface area contributed by atoms with E-state index in [0.29, 0.717) is 17.2 Å². The van der Waals surface area contributed by atoms with Crippen LogP contribution in [0.2, 0.25) is 0 Å². The predicted octanol–water partition coefficient (Wildman–Crippen LogP) is 3.06. The first-order chi connectivity index (χ1) is 16.5. The number of ether oxygens (including phenoxy) is 1. The molecule has 2 aromatic heterocycles. The average Bonchev–Trinajstić information content (AvgIpc) is 3.66. The molecule has 184 valence electrons. The quantitative estimate of drug-likeness (QED) is 0.495. The zero-order chi connectivity index (χ0) is 24.1. The lowest BCUT2D eigenvalue weighted by Crippen LogP contribution is -2.50. The Morgan fingerprint density at radius 2 is 1.91 bits per heavy atom. The van der Waals surface area contributed by atoms with Gasteiger partial charge in [0.15, 0.2) is 0 Å². The van der Waals surface area contributed by atoms with Crippen molar-refractivity contribution in [2.24, 2.45) is 5.73 Å². The Bertz CT molecular complexity index is 1040. The second-order valence-corrected chi connectivity index (χ2v) is 10.7. The van der Waals surface area contributed by atoms with Gasteiger partial charge in [-0.25, -0.2) is 4.31 Å². The number of primary amides is 1. The molecule has 4 heterocycles. The van der Waals surface area contributed by atoms with Crippen molar-refractivity contribution in [3.05, 3.63) is 46.0 Å². The Morgan fingerprint density at radius 3 is 2.59 bits per heavy atom. The number of anilines is 1.